The van der Waals surface area contributed by atoms with E-state index in [4.69, 9.17) is 5.73 Å². The molecule has 5 heteroatoms. The fourth-order valence-electron chi connectivity index (χ4n) is 1.32. The lowest BCUT2D eigenvalue weighted by molar-refractivity contribution is 0.186. The topological polar surface area (TPSA) is 63.5 Å². The first kappa shape index (κ1) is 9.64. The third-order valence-corrected chi connectivity index (χ3v) is 2.73. The molecular formula is C9H10BrN3O. The number of aromatic nitrogens is 2. The van der Waals surface area contributed by atoms with Gasteiger partial charge in [-0.1, -0.05) is 6.07 Å². The fourth-order valence-corrected chi connectivity index (χ4v) is 1.75. The molecule has 0 amide bonds. The fraction of sp³-hybridized carbons (Fsp3) is 0.222. The second-order valence-corrected chi connectivity index (χ2v) is 3.79. The van der Waals surface area contributed by atoms with Crippen molar-refractivity contribution in [2.24, 2.45) is 5.73 Å². The molecule has 0 radical (unpaired) electrons. The van der Waals surface area contributed by atoms with E-state index in [1.807, 2.05) is 22.7 Å². The van der Waals surface area contributed by atoms with E-state index in [1.165, 1.54) is 0 Å². The van der Waals surface area contributed by atoms with Crippen LogP contribution in [0.5, 0.6) is 0 Å². The number of aliphatic hydroxyl groups excluding tert-OH is 1. The SMILES string of the molecule is NCC(O)c1ccc2c(Br)ncn2c1. The molecule has 2 heterocycles. The normalized spacial score (nSPS) is 13.4. The molecule has 14 heavy (non-hydrogen) atoms. The highest BCUT2D eigenvalue weighted by Crippen LogP contribution is 2.19. The van der Waals surface area contributed by atoms with Gasteiger partial charge in [0.05, 0.1) is 11.6 Å². The predicted molar refractivity (Wildman–Crippen MR) is 56.9 cm³/mol. The summed E-state index contributed by atoms with van der Waals surface area (Å²) >= 11 is 3.33. The summed E-state index contributed by atoms with van der Waals surface area (Å²) in [5.74, 6) is 0. The monoisotopic (exact) mass is 255 g/mol. The third-order valence-electron chi connectivity index (χ3n) is 2.11. The number of nitrogens with two attached hydrogens (primary N) is 1. The predicted octanol–water partition coefficient (Wildman–Crippen LogP) is 1.09. The number of halogens is 1. The van der Waals surface area contributed by atoms with E-state index in [0.29, 0.717) is 0 Å². The Morgan fingerprint density at radius 2 is 2.36 bits per heavy atom. The van der Waals surface area contributed by atoms with Gasteiger partial charge < -0.3 is 15.2 Å². The van der Waals surface area contributed by atoms with Crippen LogP contribution in [0.2, 0.25) is 0 Å². The molecular weight excluding hydrogens is 246 g/mol. The van der Waals surface area contributed by atoms with Gasteiger partial charge in [-0.2, -0.15) is 0 Å². The molecule has 4 nitrogen and oxygen atoms in total. The van der Waals surface area contributed by atoms with Crippen molar-refractivity contribution in [3.63, 3.8) is 0 Å². The zero-order chi connectivity index (χ0) is 10.1. The molecule has 1 atom stereocenters. The van der Waals surface area contributed by atoms with Crippen LogP contribution in [0.25, 0.3) is 5.52 Å². The number of nitrogens with zero attached hydrogens (tertiary/aromatic N) is 2. The van der Waals surface area contributed by atoms with Crippen molar-refractivity contribution in [2.45, 2.75) is 6.10 Å². The third kappa shape index (κ3) is 1.54. The Kier molecular flexibility index (Phi) is 2.54. The highest BCUT2D eigenvalue weighted by atomic mass is 79.9. The number of rotatable bonds is 2. The van der Waals surface area contributed by atoms with E-state index < -0.39 is 6.10 Å². The average Bonchev–Trinajstić information content (AvgIpc) is 2.59. The first-order valence-electron chi connectivity index (χ1n) is 4.22. The average molecular weight is 256 g/mol. The van der Waals surface area contributed by atoms with Gasteiger partial charge in [0.1, 0.15) is 10.9 Å². The highest BCUT2D eigenvalue weighted by Gasteiger charge is 2.07. The molecule has 2 rings (SSSR count). The van der Waals surface area contributed by atoms with Crippen LogP contribution in [0.1, 0.15) is 11.7 Å². The van der Waals surface area contributed by atoms with E-state index in [9.17, 15) is 5.11 Å². The van der Waals surface area contributed by atoms with Gasteiger partial charge in [-0.05, 0) is 27.6 Å². The standard InChI is InChI=1S/C9H10BrN3O/c10-9-7-2-1-6(8(14)3-11)4-13(7)5-12-9/h1-2,4-5,8,14H,3,11H2. The molecule has 0 aliphatic heterocycles. The smallest absolute Gasteiger partial charge is 0.131 e. The maximum absolute atomic E-state index is 9.53. The Balaban J connectivity index is 2.52. The van der Waals surface area contributed by atoms with Crippen molar-refractivity contribution < 1.29 is 5.11 Å². The van der Waals surface area contributed by atoms with Gasteiger partial charge in [-0.3, -0.25) is 0 Å². The molecule has 0 aliphatic rings. The molecule has 2 aromatic rings. The minimum absolute atomic E-state index is 0.224. The second kappa shape index (κ2) is 3.68. The minimum atomic E-state index is -0.611. The van der Waals surface area contributed by atoms with Crippen LogP contribution in [-0.2, 0) is 0 Å². The van der Waals surface area contributed by atoms with Gasteiger partial charge in [0.15, 0.2) is 0 Å². The van der Waals surface area contributed by atoms with Crippen molar-refractivity contribution in [1.82, 2.24) is 9.38 Å². The quantitative estimate of drug-likeness (QED) is 0.845. The van der Waals surface area contributed by atoms with Crippen molar-refractivity contribution in [1.29, 1.82) is 0 Å². The Labute approximate surface area is 89.5 Å². The zero-order valence-electron chi connectivity index (χ0n) is 7.39. The van der Waals surface area contributed by atoms with E-state index >= 15 is 0 Å². The van der Waals surface area contributed by atoms with E-state index in [1.54, 1.807) is 6.33 Å². The van der Waals surface area contributed by atoms with Gasteiger partial charge in [-0.25, -0.2) is 4.98 Å². The molecule has 0 saturated heterocycles. The number of imidazole rings is 1. The molecule has 3 N–H and O–H groups in total. The Bertz CT molecular complexity index is 454. The first-order valence-corrected chi connectivity index (χ1v) is 5.02. The largest absolute Gasteiger partial charge is 0.387 e. The molecule has 0 aromatic carbocycles. The molecule has 0 aliphatic carbocycles. The molecule has 0 bridgehead atoms. The number of fused-ring (bicyclic) bond motifs is 1. The van der Waals surface area contributed by atoms with Crippen LogP contribution >= 0.6 is 15.9 Å². The van der Waals surface area contributed by atoms with Crippen LogP contribution < -0.4 is 5.73 Å². The highest BCUT2D eigenvalue weighted by molar-refractivity contribution is 9.10. The van der Waals surface area contributed by atoms with Crippen molar-refractivity contribution in [2.75, 3.05) is 6.54 Å². The number of hydrogen-bond acceptors (Lipinski definition) is 3. The molecule has 1 unspecified atom stereocenters. The lowest BCUT2D eigenvalue weighted by atomic mass is 10.1. The lowest BCUT2D eigenvalue weighted by Gasteiger charge is -2.07. The summed E-state index contributed by atoms with van der Waals surface area (Å²) in [5, 5.41) is 9.53. The van der Waals surface area contributed by atoms with Gasteiger partial charge >= 0.3 is 0 Å². The van der Waals surface area contributed by atoms with Crippen LogP contribution in [-0.4, -0.2) is 21.0 Å². The second-order valence-electron chi connectivity index (χ2n) is 3.04. The van der Waals surface area contributed by atoms with Gasteiger partial charge in [-0.15, -0.1) is 0 Å². The number of pyridine rings is 1. The summed E-state index contributed by atoms with van der Waals surface area (Å²) in [7, 11) is 0. The summed E-state index contributed by atoms with van der Waals surface area (Å²) < 4.78 is 2.64. The molecule has 74 valence electrons. The van der Waals surface area contributed by atoms with Gasteiger partial charge in [0, 0.05) is 12.7 Å². The summed E-state index contributed by atoms with van der Waals surface area (Å²) in [6.07, 6.45) is 2.90. The zero-order valence-corrected chi connectivity index (χ0v) is 8.98. The lowest BCUT2D eigenvalue weighted by Crippen LogP contribution is -2.11. The van der Waals surface area contributed by atoms with Crippen LogP contribution in [0, 0.1) is 0 Å². The first-order chi connectivity index (χ1) is 6.72. The van der Waals surface area contributed by atoms with E-state index in [0.717, 1.165) is 15.7 Å². The number of hydrogen-bond donors (Lipinski definition) is 2. The van der Waals surface area contributed by atoms with Gasteiger partial charge in [0.2, 0.25) is 0 Å². The Morgan fingerprint density at radius 1 is 1.57 bits per heavy atom. The summed E-state index contributed by atoms with van der Waals surface area (Å²) in [6, 6.07) is 3.74. The molecule has 0 saturated carbocycles. The summed E-state index contributed by atoms with van der Waals surface area (Å²) in [4.78, 5) is 4.09. The Morgan fingerprint density at radius 3 is 3.07 bits per heavy atom. The van der Waals surface area contributed by atoms with Gasteiger partial charge in [0.25, 0.3) is 0 Å². The summed E-state index contributed by atoms with van der Waals surface area (Å²) in [6.45, 7) is 0.224. The van der Waals surface area contributed by atoms with Crippen LogP contribution in [0.4, 0.5) is 0 Å². The molecule has 0 spiro atoms. The summed E-state index contributed by atoms with van der Waals surface area (Å²) in [5.41, 5.74) is 7.14. The Hall–Kier alpha value is -0.910. The number of aliphatic hydroxyl groups is 1. The van der Waals surface area contributed by atoms with Crippen molar-refractivity contribution >= 4 is 21.4 Å². The molecule has 2 aromatic heterocycles. The maximum atomic E-state index is 9.53. The van der Waals surface area contributed by atoms with E-state index in [2.05, 4.69) is 20.9 Å². The van der Waals surface area contributed by atoms with Crippen LogP contribution in [0.15, 0.2) is 29.3 Å². The van der Waals surface area contributed by atoms with Crippen molar-refractivity contribution in [3.05, 3.63) is 34.8 Å². The van der Waals surface area contributed by atoms with E-state index in [-0.39, 0.29) is 6.54 Å². The molecule has 0 fully saturated rings. The van der Waals surface area contributed by atoms with Crippen molar-refractivity contribution in [3.8, 4) is 0 Å². The maximum Gasteiger partial charge on any atom is 0.131 e. The minimum Gasteiger partial charge on any atom is -0.387 e. The van der Waals surface area contributed by atoms with Crippen LogP contribution in [0.3, 0.4) is 0 Å².